The Morgan fingerprint density at radius 3 is 2.14 bits per heavy atom. The molecule has 1 rings (SSSR count). The number of carbonyl (C=O) groups is 1. The number of halogens is 2. The Labute approximate surface area is 144 Å². The zero-order valence-corrected chi connectivity index (χ0v) is 15.7. The summed E-state index contributed by atoms with van der Waals surface area (Å²) in [7, 11) is 0. The lowest BCUT2D eigenvalue weighted by Crippen LogP contribution is -2.12. The Balaban J connectivity index is 2.28. The molecule has 0 radical (unpaired) electrons. The highest BCUT2D eigenvalue weighted by Crippen LogP contribution is 2.33. The Bertz CT molecular complexity index is 441. The van der Waals surface area contributed by atoms with Crippen molar-refractivity contribution in [1.82, 2.24) is 0 Å². The highest BCUT2D eigenvalue weighted by molar-refractivity contribution is 9.11. The van der Waals surface area contributed by atoms with Crippen LogP contribution in [0.25, 0.3) is 0 Å². The summed E-state index contributed by atoms with van der Waals surface area (Å²) in [4.78, 5) is 12.0. The third-order valence-electron chi connectivity index (χ3n) is 3.34. The van der Waals surface area contributed by atoms with Crippen molar-refractivity contribution in [3.63, 3.8) is 0 Å². The van der Waals surface area contributed by atoms with Crippen LogP contribution in [0.1, 0.15) is 58.3 Å². The summed E-state index contributed by atoms with van der Waals surface area (Å²) in [6.45, 7) is 2.22. The number of anilines is 2. The van der Waals surface area contributed by atoms with Crippen LogP contribution in [0, 0.1) is 0 Å². The van der Waals surface area contributed by atoms with Gasteiger partial charge in [0, 0.05) is 21.1 Å². The minimum atomic E-state index is 0.0507. The molecule has 0 spiro atoms. The van der Waals surface area contributed by atoms with E-state index in [1.807, 2.05) is 0 Å². The minimum absolute atomic E-state index is 0.0507. The van der Waals surface area contributed by atoms with Crippen molar-refractivity contribution >= 4 is 49.1 Å². The number of nitrogen functional groups attached to an aromatic ring is 1. The predicted molar refractivity (Wildman–Crippen MR) is 97.5 cm³/mol. The van der Waals surface area contributed by atoms with E-state index in [2.05, 4.69) is 44.1 Å². The summed E-state index contributed by atoms with van der Waals surface area (Å²) >= 11 is 6.84. The third kappa shape index (κ3) is 7.32. The van der Waals surface area contributed by atoms with E-state index in [1.54, 1.807) is 12.1 Å². The molecule has 3 nitrogen and oxygen atoms in total. The van der Waals surface area contributed by atoms with Crippen molar-refractivity contribution in [2.45, 2.75) is 58.3 Å². The summed E-state index contributed by atoms with van der Waals surface area (Å²) in [5.41, 5.74) is 7.13. The van der Waals surface area contributed by atoms with Crippen molar-refractivity contribution in [2.24, 2.45) is 0 Å². The number of nitrogens with one attached hydrogen (secondary N) is 1. The number of carbonyl (C=O) groups excluding carboxylic acids is 1. The molecule has 1 amide bonds. The van der Waals surface area contributed by atoms with Crippen LogP contribution in [0.2, 0.25) is 0 Å². The Morgan fingerprint density at radius 2 is 1.57 bits per heavy atom. The molecule has 21 heavy (non-hydrogen) atoms. The van der Waals surface area contributed by atoms with E-state index >= 15 is 0 Å². The summed E-state index contributed by atoms with van der Waals surface area (Å²) in [5.74, 6) is 0.0507. The topological polar surface area (TPSA) is 55.1 Å². The molecule has 0 saturated carbocycles. The molecule has 5 heteroatoms. The monoisotopic (exact) mass is 418 g/mol. The molecule has 1 aromatic rings. The molecule has 0 heterocycles. The first-order chi connectivity index (χ1) is 10.0. The van der Waals surface area contributed by atoms with Gasteiger partial charge < -0.3 is 11.1 Å². The fourth-order valence-corrected chi connectivity index (χ4v) is 3.58. The van der Waals surface area contributed by atoms with Crippen molar-refractivity contribution < 1.29 is 4.79 Å². The van der Waals surface area contributed by atoms with Gasteiger partial charge in [-0.05, 0) is 50.4 Å². The number of hydrogen-bond acceptors (Lipinski definition) is 2. The molecule has 0 unspecified atom stereocenters. The molecule has 0 aromatic heterocycles. The van der Waals surface area contributed by atoms with Crippen LogP contribution in [-0.2, 0) is 4.79 Å². The second kappa shape index (κ2) is 10.2. The van der Waals surface area contributed by atoms with Gasteiger partial charge in [0.2, 0.25) is 5.91 Å². The van der Waals surface area contributed by atoms with E-state index < -0.39 is 0 Å². The number of unbranched alkanes of at least 4 members (excludes halogenated alkanes) is 6. The molecule has 1 aromatic carbocycles. The molecule has 0 atom stereocenters. The number of amides is 1. The molecule has 3 N–H and O–H groups in total. The van der Waals surface area contributed by atoms with E-state index in [9.17, 15) is 4.79 Å². The van der Waals surface area contributed by atoms with Crippen LogP contribution < -0.4 is 11.1 Å². The number of rotatable bonds is 9. The molecule has 0 saturated heterocycles. The highest BCUT2D eigenvalue weighted by Gasteiger charge is 2.10. The molecular weight excluding hydrogens is 396 g/mol. The standard InChI is InChI=1S/C16H24Br2N2O/c1-2-3-4-5-6-7-8-9-15(21)20-16-13(17)10-12(19)11-14(16)18/h10-11H,2-9,19H2,1H3,(H,20,21). The van der Waals surface area contributed by atoms with Gasteiger partial charge in [0.05, 0.1) is 5.69 Å². The van der Waals surface area contributed by atoms with Crippen LogP contribution in [0.5, 0.6) is 0 Å². The minimum Gasteiger partial charge on any atom is -0.399 e. The normalized spacial score (nSPS) is 10.6. The first-order valence-electron chi connectivity index (χ1n) is 7.59. The van der Waals surface area contributed by atoms with E-state index in [1.165, 1.54) is 32.1 Å². The molecule has 0 bridgehead atoms. The van der Waals surface area contributed by atoms with Gasteiger partial charge in [0.25, 0.3) is 0 Å². The van der Waals surface area contributed by atoms with Gasteiger partial charge in [0.15, 0.2) is 0 Å². The van der Waals surface area contributed by atoms with Gasteiger partial charge in [-0.1, -0.05) is 45.4 Å². The lowest BCUT2D eigenvalue weighted by atomic mass is 10.1. The Kier molecular flexibility index (Phi) is 9.00. The molecule has 0 aliphatic carbocycles. The van der Waals surface area contributed by atoms with Gasteiger partial charge in [-0.3, -0.25) is 4.79 Å². The van der Waals surface area contributed by atoms with Gasteiger partial charge in [-0.25, -0.2) is 0 Å². The van der Waals surface area contributed by atoms with Crippen LogP contribution in [0.3, 0.4) is 0 Å². The zero-order chi connectivity index (χ0) is 15.7. The largest absolute Gasteiger partial charge is 0.399 e. The van der Waals surface area contributed by atoms with Gasteiger partial charge in [0.1, 0.15) is 0 Å². The van der Waals surface area contributed by atoms with Crippen LogP contribution in [-0.4, -0.2) is 5.91 Å². The number of nitrogens with two attached hydrogens (primary N) is 1. The molecule has 118 valence electrons. The lowest BCUT2D eigenvalue weighted by molar-refractivity contribution is -0.116. The van der Waals surface area contributed by atoms with E-state index in [4.69, 9.17) is 5.73 Å². The predicted octanol–water partition coefficient (Wildman–Crippen LogP) is 5.87. The second-order valence-electron chi connectivity index (χ2n) is 5.28. The van der Waals surface area contributed by atoms with E-state index in [0.29, 0.717) is 12.1 Å². The van der Waals surface area contributed by atoms with Crippen LogP contribution in [0.4, 0.5) is 11.4 Å². The van der Waals surface area contributed by atoms with Gasteiger partial charge >= 0.3 is 0 Å². The highest BCUT2D eigenvalue weighted by atomic mass is 79.9. The van der Waals surface area contributed by atoms with Gasteiger partial charge in [-0.15, -0.1) is 0 Å². The lowest BCUT2D eigenvalue weighted by Gasteiger charge is -2.10. The second-order valence-corrected chi connectivity index (χ2v) is 6.99. The van der Waals surface area contributed by atoms with Gasteiger partial charge in [-0.2, -0.15) is 0 Å². The average Bonchev–Trinajstić information content (AvgIpc) is 2.42. The summed E-state index contributed by atoms with van der Waals surface area (Å²) < 4.78 is 1.59. The van der Waals surface area contributed by atoms with Crippen LogP contribution in [0.15, 0.2) is 21.1 Å². The van der Waals surface area contributed by atoms with E-state index in [-0.39, 0.29) is 5.91 Å². The average molecular weight is 420 g/mol. The maximum Gasteiger partial charge on any atom is 0.224 e. The summed E-state index contributed by atoms with van der Waals surface area (Å²) in [6.07, 6.45) is 9.05. The number of hydrogen-bond donors (Lipinski definition) is 2. The van der Waals surface area contributed by atoms with Crippen molar-refractivity contribution in [1.29, 1.82) is 0 Å². The summed E-state index contributed by atoms with van der Waals surface area (Å²) in [6, 6.07) is 3.57. The maximum absolute atomic E-state index is 12.0. The Morgan fingerprint density at radius 1 is 1.05 bits per heavy atom. The fraction of sp³-hybridized carbons (Fsp3) is 0.562. The smallest absolute Gasteiger partial charge is 0.224 e. The molecule has 0 fully saturated rings. The maximum atomic E-state index is 12.0. The SMILES string of the molecule is CCCCCCCCCC(=O)Nc1c(Br)cc(N)cc1Br. The summed E-state index contributed by atoms with van der Waals surface area (Å²) in [5, 5.41) is 2.93. The third-order valence-corrected chi connectivity index (χ3v) is 4.59. The van der Waals surface area contributed by atoms with Crippen LogP contribution >= 0.6 is 31.9 Å². The quantitative estimate of drug-likeness (QED) is 0.388. The van der Waals surface area contributed by atoms with Crippen molar-refractivity contribution in [3.05, 3.63) is 21.1 Å². The van der Waals surface area contributed by atoms with Crippen molar-refractivity contribution in [2.75, 3.05) is 11.1 Å². The molecular formula is C16H24Br2N2O. The zero-order valence-electron chi connectivity index (χ0n) is 12.6. The number of benzene rings is 1. The molecule has 0 aliphatic rings. The van der Waals surface area contributed by atoms with E-state index in [0.717, 1.165) is 27.5 Å². The first-order valence-corrected chi connectivity index (χ1v) is 9.17. The first kappa shape index (κ1) is 18.5. The van der Waals surface area contributed by atoms with Crippen molar-refractivity contribution in [3.8, 4) is 0 Å². The Hall–Kier alpha value is -0.550. The molecule has 0 aliphatic heterocycles. The fourth-order valence-electron chi connectivity index (χ4n) is 2.16.